The third kappa shape index (κ3) is 3.26. The molecule has 2 aromatic heterocycles. The number of ether oxygens (including phenoxy) is 1. The molecule has 136 valence electrons. The minimum Gasteiger partial charge on any atom is -0.478 e. The summed E-state index contributed by atoms with van der Waals surface area (Å²) in [6, 6.07) is 8.76. The molecule has 7 nitrogen and oxygen atoms in total. The molecule has 9 heteroatoms. The van der Waals surface area contributed by atoms with E-state index in [-0.39, 0.29) is 29.3 Å². The molecule has 1 N–H and O–H groups in total. The third-order valence-electron chi connectivity index (χ3n) is 3.97. The fraction of sp³-hybridized carbons (Fsp3) is 0.111. The minimum atomic E-state index is -0.404. The largest absolute Gasteiger partial charge is 0.478 e. The van der Waals surface area contributed by atoms with Crippen LogP contribution in [-0.2, 0) is 6.61 Å². The highest BCUT2D eigenvalue weighted by atomic mass is 35.5. The standard InChI is InChI=1S/C18H12ClFN4O3/c1-9-6-14-12(7-13(9)19)16(25)18(26-8-15-21-23-24-22-15)17(27-14)10-2-4-11(20)5-3-10/h2-7H,8H2,1H3,(H,21,22,23,24). The van der Waals surface area contributed by atoms with Gasteiger partial charge in [0.25, 0.3) is 0 Å². The molecule has 0 radical (unpaired) electrons. The highest BCUT2D eigenvalue weighted by molar-refractivity contribution is 6.32. The van der Waals surface area contributed by atoms with Gasteiger partial charge in [0.05, 0.1) is 5.39 Å². The van der Waals surface area contributed by atoms with Crippen molar-refractivity contribution in [1.82, 2.24) is 20.6 Å². The average molecular weight is 387 g/mol. The lowest BCUT2D eigenvalue weighted by Crippen LogP contribution is -2.11. The number of halogens is 2. The molecule has 4 aromatic rings. The highest BCUT2D eigenvalue weighted by Gasteiger charge is 2.19. The molecule has 0 atom stereocenters. The maximum absolute atomic E-state index is 13.3. The van der Waals surface area contributed by atoms with Gasteiger partial charge in [-0.25, -0.2) is 4.39 Å². The number of aromatic nitrogens is 4. The summed E-state index contributed by atoms with van der Waals surface area (Å²) in [7, 11) is 0. The number of hydrogen-bond acceptors (Lipinski definition) is 6. The number of nitrogens with one attached hydrogen (secondary N) is 1. The van der Waals surface area contributed by atoms with Gasteiger partial charge in [0.2, 0.25) is 17.0 Å². The van der Waals surface area contributed by atoms with Gasteiger partial charge in [-0.3, -0.25) is 4.79 Å². The first kappa shape index (κ1) is 17.2. The summed E-state index contributed by atoms with van der Waals surface area (Å²) in [5.41, 5.74) is 1.21. The molecule has 0 aliphatic rings. The van der Waals surface area contributed by atoms with Crippen molar-refractivity contribution in [3.63, 3.8) is 0 Å². The van der Waals surface area contributed by atoms with Crippen LogP contribution >= 0.6 is 11.6 Å². The summed E-state index contributed by atoms with van der Waals surface area (Å²) in [4.78, 5) is 13.0. The first-order valence-corrected chi connectivity index (χ1v) is 8.29. The zero-order valence-electron chi connectivity index (χ0n) is 14.0. The lowest BCUT2D eigenvalue weighted by Gasteiger charge is -2.11. The number of rotatable bonds is 4. The Balaban J connectivity index is 1.91. The summed E-state index contributed by atoms with van der Waals surface area (Å²) in [6.45, 7) is 1.71. The number of aryl methyl sites for hydroxylation is 1. The SMILES string of the molecule is Cc1cc2oc(-c3ccc(F)cc3)c(OCc3nn[nH]n3)c(=O)c2cc1Cl. The quantitative estimate of drug-likeness (QED) is 0.575. The molecular weight excluding hydrogens is 375 g/mol. The Morgan fingerprint density at radius 2 is 2.04 bits per heavy atom. The fourth-order valence-electron chi connectivity index (χ4n) is 2.60. The predicted octanol–water partition coefficient (Wildman–Crippen LogP) is 3.65. The number of tetrazole rings is 1. The van der Waals surface area contributed by atoms with Crippen LogP contribution in [0.4, 0.5) is 4.39 Å². The van der Waals surface area contributed by atoms with Crippen LogP contribution in [0.2, 0.25) is 5.02 Å². The minimum absolute atomic E-state index is 0.0428. The Bertz CT molecular complexity index is 1170. The first-order valence-electron chi connectivity index (χ1n) is 7.91. The Hall–Kier alpha value is -3.26. The molecule has 0 aliphatic carbocycles. The van der Waals surface area contributed by atoms with Crippen LogP contribution in [-0.4, -0.2) is 20.6 Å². The van der Waals surface area contributed by atoms with Crippen molar-refractivity contribution in [1.29, 1.82) is 0 Å². The number of benzene rings is 2. The van der Waals surface area contributed by atoms with Crippen LogP contribution in [0, 0.1) is 12.7 Å². The van der Waals surface area contributed by atoms with Crippen molar-refractivity contribution in [2.45, 2.75) is 13.5 Å². The Morgan fingerprint density at radius 3 is 2.74 bits per heavy atom. The number of nitrogens with zero attached hydrogens (tertiary/aromatic N) is 3. The third-order valence-corrected chi connectivity index (χ3v) is 4.38. The van der Waals surface area contributed by atoms with E-state index in [2.05, 4.69) is 20.6 Å². The molecule has 0 saturated carbocycles. The zero-order valence-corrected chi connectivity index (χ0v) is 14.7. The average Bonchev–Trinajstić information content (AvgIpc) is 3.17. The van der Waals surface area contributed by atoms with Crippen molar-refractivity contribution in [2.24, 2.45) is 0 Å². The van der Waals surface area contributed by atoms with E-state index in [1.165, 1.54) is 30.3 Å². The number of aromatic amines is 1. The second-order valence-corrected chi connectivity index (χ2v) is 6.22. The second kappa shape index (κ2) is 6.81. The maximum Gasteiger partial charge on any atom is 0.235 e. The van der Waals surface area contributed by atoms with E-state index >= 15 is 0 Å². The van der Waals surface area contributed by atoms with E-state index in [9.17, 15) is 9.18 Å². The summed E-state index contributed by atoms with van der Waals surface area (Å²) in [5, 5.41) is 14.0. The van der Waals surface area contributed by atoms with E-state index in [0.717, 1.165) is 5.56 Å². The number of H-pyrrole nitrogens is 1. The van der Waals surface area contributed by atoms with E-state index in [0.29, 0.717) is 16.2 Å². The van der Waals surface area contributed by atoms with Crippen molar-refractivity contribution in [2.75, 3.05) is 0 Å². The highest BCUT2D eigenvalue weighted by Crippen LogP contribution is 2.33. The molecule has 0 spiro atoms. The molecule has 0 saturated heterocycles. The maximum atomic E-state index is 13.3. The molecule has 0 bridgehead atoms. The predicted molar refractivity (Wildman–Crippen MR) is 96.1 cm³/mol. The summed E-state index contributed by atoms with van der Waals surface area (Å²) in [5.74, 6) is -0.00295. The zero-order chi connectivity index (χ0) is 19.0. The van der Waals surface area contributed by atoms with Crippen LogP contribution in [0.5, 0.6) is 5.75 Å². The van der Waals surface area contributed by atoms with Gasteiger partial charge in [-0.1, -0.05) is 16.8 Å². The first-order chi connectivity index (χ1) is 13.0. The van der Waals surface area contributed by atoms with E-state index in [4.69, 9.17) is 20.8 Å². The number of hydrogen-bond donors (Lipinski definition) is 1. The lowest BCUT2D eigenvalue weighted by molar-refractivity contribution is 0.288. The fourth-order valence-corrected chi connectivity index (χ4v) is 2.77. The summed E-state index contributed by atoms with van der Waals surface area (Å²) in [6.07, 6.45) is 0. The molecule has 2 heterocycles. The van der Waals surface area contributed by atoms with Gasteiger partial charge in [-0.15, -0.1) is 10.2 Å². The Labute approximate surface area is 156 Å². The Kier molecular flexibility index (Phi) is 4.33. The summed E-state index contributed by atoms with van der Waals surface area (Å²) >= 11 is 6.15. The van der Waals surface area contributed by atoms with Crippen LogP contribution in [0.3, 0.4) is 0 Å². The molecule has 4 rings (SSSR count). The van der Waals surface area contributed by atoms with Gasteiger partial charge in [0.1, 0.15) is 11.4 Å². The van der Waals surface area contributed by atoms with Crippen LogP contribution in [0.15, 0.2) is 45.6 Å². The van der Waals surface area contributed by atoms with Crippen LogP contribution < -0.4 is 10.2 Å². The van der Waals surface area contributed by atoms with Gasteiger partial charge in [0, 0.05) is 10.6 Å². The number of fused-ring (bicyclic) bond motifs is 1. The van der Waals surface area contributed by atoms with Gasteiger partial charge in [-0.2, -0.15) is 5.21 Å². The monoisotopic (exact) mass is 386 g/mol. The van der Waals surface area contributed by atoms with E-state index in [1.54, 1.807) is 13.0 Å². The molecule has 27 heavy (non-hydrogen) atoms. The molecule has 2 aromatic carbocycles. The summed E-state index contributed by atoms with van der Waals surface area (Å²) < 4.78 is 24.9. The molecule has 0 amide bonds. The van der Waals surface area contributed by atoms with Crippen molar-refractivity contribution < 1.29 is 13.5 Å². The molecule has 0 aliphatic heterocycles. The topological polar surface area (TPSA) is 93.9 Å². The molecule has 0 fully saturated rings. The van der Waals surface area contributed by atoms with Gasteiger partial charge < -0.3 is 9.15 Å². The van der Waals surface area contributed by atoms with Crippen LogP contribution in [0.1, 0.15) is 11.4 Å². The van der Waals surface area contributed by atoms with E-state index < -0.39 is 11.2 Å². The Morgan fingerprint density at radius 1 is 1.26 bits per heavy atom. The molecular formula is C18H12ClFN4O3. The molecule has 0 unspecified atom stereocenters. The van der Waals surface area contributed by atoms with E-state index in [1.807, 2.05) is 0 Å². The van der Waals surface area contributed by atoms with Gasteiger partial charge >= 0.3 is 0 Å². The van der Waals surface area contributed by atoms with Crippen molar-refractivity contribution >= 4 is 22.6 Å². The van der Waals surface area contributed by atoms with Crippen molar-refractivity contribution in [3.8, 4) is 17.1 Å². The smallest absolute Gasteiger partial charge is 0.235 e. The van der Waals surface area contributed by atoms with Crippen molar-refractivity contribution in [3.05, 3.63) is 68.8 Å². The second-order valence-electron chi connectivity index (χ2n) is 5.81. The lowest BCUT2D eigenvalue weighted by atomic mass is 10.1. The van der Waals surface area contributed by atoms with Crippen LogP contribution in [0.25, 0.3) is 22.3 Å². The normalized spacial score (nSPS) is 11.1. The van der Waals surface area contributed by atoms with Gasteiger partial charge in [-0.05, 0) is 48.9 Å². The van der Waals surface area contributed by atoms with Gasteiger partial charge in [0.15, 0.2) is 12.4 Å².